The Bertz CT molecular complexity index is 1800. The van der Waals surface area contributed by atoms with Crippen molar-refractivity contribution in [3.05, 3.63) is 0 Å². The molecule has 276 valence electrons. The van der Waals surface area contributed by atoms with Gasteiger partial charge in [-0.1, -0.05) is 173 Å². The quantitative estimate of drug-likeness (QED) is 0.225. The maximum absolute atomic E-state index is 2.96. The van der Waals surface area contributed by atoms with Crippen molar-refractivity contribution in [2.75, 3.05) is 0 Å². The third-order valence-corrected chi connectivity index (χ3v) is 32.8. The van der Waals surface area contributed by atoms with Crippen LogP contribution in [0.2, 0.25) is 0 Å². The molecule has 0 aromatic carbocycles. The zero-order valence-electron chi connectivity index (χ0n) is 37.4. The van der Waals surface area contributed by atoms with E-state index in [2.05, 4.69) is 173 Å². The van der Waals surface area contributed by atoms with E-state index in [9.17, 15) is 0 Å². The van der Waals surface area contributed by atoms with Crippen molar-refractivity contribution in [1.82, 2.24) is 0 Å². The van der Waals surface area contributed by atoms with Crippen molar-refractivity contribution in [3.63, 3.8) is 0 Å². The topological polar surface area (TPSA) is 0 Å². The first-order valence-electron chi connectivity index (χ1n) is 21.5. The maximum atomic E-state index is 2.96. The van der Waals surface area contributed by atoms with E-state index in [1.807, 2.05) is 0 Å². The van der Waals surface area contributed by atoms with Gasteiger partial charge in [-0.15, -0.1) is 0 Å². The average Bonchev–Trinajstić information content (AvgIpc) is 3.24. The van der Waals surface area contributed by atoms with Crippen LogP contribution in [-0.2, 0) is 0 Å². The third-order valence-electron chi connectivity index (χ3n) is 32.8. The Hall–Kier alpha value is 0. The summed E-state index contributed by atoms with van der Waals surface area (Å²) in [5.74, 6) is 3.88. The Morgan fingerprint density at radius 1 is 0.204 bits per heavy atom. The molecule has 10 saturated carbocycles. The van der Waals surface area contributed by atoms with E-state index in [-0.39, 0.29) is 48.7 Å². The van der Waals surface area contributed by atoms with E-state index in [0.29, 0.717) is 54.1 Å². The standard InChI is InChI=1S/C49H80/c1-26-27(2)32(8)33(9,28(26)3)40(16)39(32,15)45(21)46(40,22)49(25)47(23)43(19)37(13,44(47,20)48(45,49)24)31(6,7)36(12)38(14)34(10)29(4)30(5)35(34,11)41(38,17)42(36,43)18/h26-30H,1-25H3. The molecule has 10 aliphatic carbocycles. The van der Waals surface area contributed by atoms with Crippen LogP contribution in [-0.4, -0.2) is 0 Å². The van der Waals surface area contributed by atoms with E-state index in [1.165, 1.54) is 0 Å². The van der Waals surface area contributed by atoms with Gasteiger partial charge in [0, 0.05) is 0 Å². The van der Waals surface area contributed by atoms with Crippen LogP contribution < -0.4 is 0 Å². The first-order chi connectivity index (χ1) is 21.5. The van der Waals surface area contributed by atoms with E-state index >= 15 is 0 Å². The van der Waals surface area contributed by atoms with Gasteiger partial charge >= 0.3 is 0 Å². The molecule has 0 heteroatoms. The van der Waals surface area contributed by atoms with Gasteiger partial charge in [-0.3, -0.25) is 0 Å². The highest BCUT2D eigenvalue weighted by molar-refractivity contribution is 5.68. The number of hydrogen-bond donors (Lipinski definition) is 0. The summed E-state index contributed by atoms with van der Waals surface area (Å²) in [6.07, 6.45) is 0. The molecule has 0 nitrogen and oxygen atoms in total. The number of hydrogen-bond acceptors (Lipinski definition) is 0. The highest BCUT2D eigenvalue weighted by Gasteiger charge is 3.22. The minimum absolute atomic E-state index is 0.206. The summed E-state index contributed by atoms with van der Waals surface area (Å²) in [4.78, 5) is 0. The van der Waals surface area contributed by atoms with Crippen LogP contribution in [0.15, 0.2) is 0 Å². The van der Waals surface area contributed by atoms with Crippen LogP contribution >= 0.6 is 0 Å². The van der Waals surface area contributed by atoms with Crippen molar-refractivity contribution in [1.29, 1.82) is 0 Å². The lowest BCUT2D eigenvalue weighted by Crippen LogP contribution is -3.16. The van der Waals surface area contributed by atoms with Crippen molar-refractivity contribution in [2.24, 2.45) is 132 Å². The largest absolute Gasteiger partial charge is 0.0620 e. The van der Waals surface area contributed by atoms with Gasteiger partial charge in [0.25, 0.3) is 0 Å². The summed E-state index contributed by atoms with van der Waals surface area (Å²) < 4.78 is 0. The van der Waals surface area contributed by atoms with E-state index in [4.69, 9.17) is 0 Å². The lowest BCUT2D eigenvalue weighted by Gasteiger charge is -3.19. The molecule has 49 heavy (non-hydrogen) atoms. The molecular weight excluding hydrogens is 589 g/mol. The van der Waals surface area contributed by atoms with Gasteiger partial charge in [-0.2, -0.15) is 0 Å². The van der Waals surface area contributed by atoms with Crippen molar-refractivity contribution >= 4 is 0 Å². The van der Waals surface area contributed by atoms with Crippen molar-refractivity contribution in [3.8, 4) is 0 Å². The highest BCUT2D eigenvalue weighted by atomic mass is 15.3. The summed E-state index contributed by atoms with van der Waals surface area (Å²) in [5.41, 5.74) is 5.62. The van der Waals surface area contributed by atoms with Crippen LogP contribution in [0.4, 0.5) is 0 Å². The monoisotopic (exact) mass is 669 g/mol. The van der Waals surface area contributed by atoms with Gasteiger partial charge in [0.05, 0.1) is 0 Å². The van der Waals surface area contributed by atoms with E-state index in [0.717, 1.165) is 29.6 Å². The molecule has 10 rings (SSSR count). The second kappa shape index (κ2) is 6.37. The molecule has 0 N–H and O–H groups in total. The normalized spacial score (nSPS) is 85.0. The van der Waals surface area contributed by atoms with E-state index < -0.39 is 0 Å². The van der Waals surface area contributed by atoms with Crippen LogP contribution in [0.1, 0.15) is 173 Å². The van der Waals surface area contributed by atoms with Crippen LogP contribution in [0.25, 0.3) is 0 Å². The fourth-order valence-corrected chi connectivity index (χ4v) is 29.9. The summed E-state index contributed by atoms with van der Waals surface area (Å²) in [6.45, 7) is 70.9. The smallest absolute Gasteiger partial charge is 0.0130 e. The predicted molar refractivity (Wildman–Crippen MR) is 206 cm³/mol. The Kier molecular flexibility index (Phi) is 4.36. The first-order valence-corrected chi connectivity index (χ1v) is 21.5. The average molecular weight is 669 g/mol. The molecule has 23 unspecified atom stereocenters. The minimum Gasteiger partial charge on any atom is -0.0620 e. The fourth-order valence-electron chi connectivity index (χ4n) is 29.9. The molecular formula is C49H80. The van der Waals surface area contributed by atoms with Gasteiger partial charge in [-0.25, -0.2) is 0 Å². The molecule has 0 aromatic rings. The van der Waals surface area contributed by atoms with Crippen LogP contribution in [0.3, 0.4) is 0 Å². The Morgan fingerprint density at radius 3 is 0.653 bits per heavy atom. The molecule has 23 atom stereocenters. The lowest BCUT2D eigenvalue weighted by molar-refractivity contribution is -0.729. The molecule has 10 aliphatic rings. The van der Waals surface area contributed by atoms with E-state index in [1.54, 1.807) is 0 Å². The zero-order valence-corrected chi connectivity index (χ0v) is 37.4. The third kappa shape index (κ3) is 1.39. The molecule has 0 amide bonds. The second-order valence-corrected chi connectivity index (χ2v) is 26.2. The van der Waals surface area contributed by atoms with Gasteiger partial charge in [0.1, 0.15) is 0 Å². The van der Waals surface area contributed by atoms with Gasteiger partial charge in [-0.05, 0) is 132 Å². The Balaban J connectivity index is 1.28. The fraction of sp³-hybridized carbons (Fsp3) is 1.00. The van der Waals surface area contributed by atoms with Crippen LogP contribution in [0, 0.1) is 132 Å². The molecule has 0 heterocycles. The molecule has 0 radical (unpaired) electrons. The second-order valence-electron chi connectivity index (χ2n) is 26.2. The predicted octanol–water partition coefficient (Wildman–Crippen LogP) is 13.4. The molecule has 0 aromatic heterocycles. The zero-order chi connectivity index (χ0) is 37.4. The summed E-state index contributed by atoms with van der Waals surface area (Å²) in [5, 5.41) is 0. The van der Waals surface area contributed by atoms with Gasteiger partial charge in [0.2, 0.25) is 0 Å². The van der Waals surface area contributed by atoms with Gasteiger partial charge in [0.15, 0.2) is 0 Å². The highest BCUT2D eigenvalue weighted by Crippen LogP contribution is 3.26. The Labute approximate surface area is 304 Å². The summed E-state index contributed by atoms with van der Waals surface area (Å²) >= 11 is 0. The summed E-state index contributed by atoms with van der Waals surface area (Å²) in [6, 6.07) is 0. The minimum atomic E-state index is 0.206. The molecule has 10 fully saturated rings. The van der Waals surface area contributed by atoms with Crippen molar-refractivity contribution in [2.45, 2.75) is 173 Å². The SMILES string of the molecule is CC1C(C)C2(C)C(C)(C1C)C1(C)C2(C)C2(C)C1(C)C1(C)C3(C)C4(C)C(C)(C(C)(C)C5(C)C6(C)C7(C)C(C)C(C)C7(C)C6(C)C54C)C3(C)C21C. The number of fused-ring (bicyclic) bond motifs is 24. The molecule has 0 bridgehead atoms. The Morgan fingerprint density at radius 2 is 0.367 bits per heavy atom. The van der Waals surface area contributed by atoms with Gasteiger partial charge < -0.3 is 0 Å². The van der Waals surface area contributed by atoms with Crippen LogP contribution in [0.5, 0.6) is 0 Å². The molecule has 0 saturated heterocycles. The summed E-state index contributed by atoms with van der Waals surface area (Å²) in [7, 11) is 0. The molecule has 0 aliphatic heterocycles. The maximum Gasteiger partial charge on any atom is -0.0130 e. The lowest BCUT2D eigenvalue weighted by atomic mass is 8.84. The number of rotatable bonds is 0. The van der Waals surface area contributed by atoms with Crippen molar-refractivity contribution < 1.29 is 0 Å². The first kappa shape index (κ1) is 33.6. The molecule has 0 spiro atoms.